The van der Waals surface area contributed by atoms with Gasteiger partial charge < -0.3 is 15.2 Å². The molecule has 21 heavy (non-hydrogen) atoms. The van der Waals surface area contributed by atoms with E-state index < -0.39 is 0 Å². The van der Waals surface area contributed by atoms with Crippen molar-refractivity contribution >= 4 is 15.9 Å². The van der Waals surface area contributed by atoms with E-state index >= 15 is 0 Å². The van der Waals surface area contributed by atoms with Crippen molar-refractivity contribution in [1.82, 2.24) is 4.98 Å². The Balaban J connectivity index is 2.17. The van der Waals surface area contributed by atoms with Gasteiger partial charge in [-0.1, -0.05) is 15.9 Å². The van der Waals surface area contributed by atoms with Crippen LogP contribution in [0.25, 0.3) is 0 Å². The van der Waals surface area contributed by atoms with Crippen LogP contribution in [0, 0.1) is 13.8 Å². The third-order valence-corrected chi connectivity index (χ3v) is 4.14. The second-order valence-corrected chi connectivity index (χ2v) is 5.65. The van der Waals surface area contributed by atoms with Crippen LogP contribution in [0.3, 0.4) is 0 Å². The summed E-state index contributed by atoms with van der Waals surface area (Å²) in [7, 11) is 1.67. The van der Waals surface area contributed by atoms with Crippen molar-refractivity contribution in [3.05, 3.63) is 51.3 Å². The van der Waals surface area contributed by atoms with Crippen molar-refractivity contribution in [3.63, 3.8) is 0 Å². The average molecular weight is 351 g/mol. The maximum atomic E-state index is 5.82. The molecule has 2 rings (SSSR count). The summed E-state index contributed by atoms with van der Waals surface area (Å²) in [6, 6.07) is 5.78. The van der Waals surface area contributed by atoms with E-state index in [9.17, 15) is 0 Å². The Morgan fingerprint density at radius 1 is 1.29 bits per heavy atom. The van der Waals surface area contributed by atoms with Gasteiger partial charge in [0.25, 0.3) is 0 Å². The molecule has 0 radical (unpaired) electrons. The Morgan fingerprint density at radius 2 is 2.05 bits per heavy atom. The first kappa shape index (κ1) is 15.8. The molecule has 1 heterocycles. The van der Waals surface area contributed by atoms with Gasteiger partial charge in [-0.25, -0.2) is 0 Å². The first-order valence-corrected chi connectivity index (χ1v) is 7.46. The number of benzene rings is 1. The molecule has 0 unspecified atom stereocenters. The molecule has 4 nitrogen and oxygen atoms in total. The van der Waals surface area contributed by atoms with Crippen LogP contribution in [0.4, 0.5) is 0 Å². The first-order chi connectivity index (χ1) is 10.1. The summed E-state index contributed by atoms with van der Waals surface area (Å²) >= 11 is 3.46. The predicted octanol–water partition coefficient (Wildman–Crippen LogP) is 3.51. The van der Waals surface area contributed by atoms with E-state index in [4.69, 9.17) is 15.2 Å². The lowest BCUT2D eigenvalue weighted by Gasteiger charge is -2.13. The van der Waals surface area contributed by atoms with Crippen LogP contribution in [-0.4, -0.2) is 12.1 Å². The summed E-state index contributed by atoms with van der Waals surface area (Å²) in [4.78, 5) is 4.42. The van der Waals surface area contributed by atoms with Crippen molar-refractivity contribution in [2.75, 3.05) is 7.11 Å². The van der Waals surface area contributed by atoms with Crippen molar-refractivity contribution in [3.8, 4) is 11.5 Å². The fraction of sp³-hybridized carbons (Fsp3) is 0.312. The van der Waals surface area contributed by atoms with Crippen LogP contribution in [0.15, 0.2) is 28.9 Å². The van der Waals surface area contributed by atoms with E-state index in [1.165, 1.54) is 0 Å². The summed E-state index contributed by atoms with van der Waals surface area (Å²) in [5.74, 6) is 1.64. The SMILES string of the molecule is COc1c(C)cnc(COc2ccc(Br)c(CN)c2)c1C. The molecule has 0 aliphatic heterocycles. The number of methoxy groups -OCH3 is 1. The third-order valence-electron chi connectivity index (χ3n) is 3.36. The van der Waals surface area contributed by atoms with Crippen LogP contribution in [-0.2, 0) is 13.2 Å². The van der Waals surface area contributed by atoms with Crippen LogP contribution in [0.1, 0.15) is 22.4 Å². The number of aromatic nitrogens is 1. The number of hydrogen-bond acceptors (Lipinski definition) is 4. The quantitative estimate of drug-likeness (QED) is 0.896. The molecule has 1 aromatic heterocycles. The molecule has 0 saturated carbocycles. The fourth-order valence-corrected chi connectivity index (χ4v) is 2.57. The number of hydrogen-bond donors (Lipinski definition) is 1. The molecule has 2 N–H and O–H groups in total. The lowest BCUT2D eigenvalue weighted by molar-refractivity contribution is 0.298. The van der Waals surface area contributed by atoms with Gasteiger partial charge in [0, 0.05) is 28.3 Å². The lowest BCUT2D eigenvalue weighted by Crippen LogP contribution is -2.05. The number of nitrogens with two attached hydrogens (primary N) is 1. The average Bonchev–Trinajstić information content (AvgIpc) is 2.48. The van der Waals surface area contributed by atoms with Gasteiger partial charge in [-0.15, -0.1) is 0 Å². The molecule has 0 bridgehead atoms. The Kier molecular flexibility index (Phi) is 5.20. The Hall–Kier alpha value is -1.59. The number of nitrogens with zero attached hydrogens (tertiary/aromatic N) is 1. The Morgan fingerprint density at radius 3 is 2.71 bits per heavy atom. The molecule has 0 spiro atoms. The van der Waals surface area contributed by atoms with Gasteiger partial charge in [-0.3, -0.25) is 4.98 Å². The Labute approximate surface area is 133 Å². The topological polar surface area (TPSA) is 57.4 Å². The third kappa shape index (κ3) is 3.54. The summed E-state index contributed by atoms with van der Waals surface area (Å²) in [5, 5.41) is 0. The summed E-state index contributed by atoms with van der Waals surface area (Å²) in [6.45, 7) is 4.83. The Bertz CT molecular complexity index is 644. The van der Waals surface area contributed by atoms with E-state index in [-0.39, 0.29) is 0 Å². The molecule has 112 valence electrons. The second-order valence-electron chi connectivity index (χ2n) is 4.79. The number of rotatable bonds is 5. The predicted molar refractivity (Wildman–Crippen MR) is 86.6 cm³/mol. The first-order valence-electron chi connectivity index (χ1n) is 6.67. The van der Waals surface area contributed by atoms with Gasteiger partial charge >= 0.3 is 0 Å². The highest BCUT2D eigenvalue weighted by Gasteiger charge is 2.10. The summed E-state index contributed by atoms with van der Waals surface area (Å²) < 4.78 is 12.2. The van der Waals surface area contributed by atoms with Gasteiger partial charge in [-0.05, 0) is 37.6 Å². The van der Waals surface area contributed by atoms with Crippen molar-refractivity contribution < 1.29 is 9.47 Å². The van der Waals surface area contributed by atoms with Crippen LogP contribution in [0.5, 0.6) is 11.5 Å². The molecule has 0 amide bonds. The van der Waals surface area contributed by atoms with Gasteiger partial charge in [0.2, 0.25) is 0 Å². The molecule has 1 aromatic carbocycles. The minimum absolute atomic E-state index is 0.397. The molecule has 0 saturated heterocycles. The second kappa shape index (κ2) is 6.91. The fourth-order valence-electron chi connectivity index (χ4n) is 2.17. The zero-order valence-corrected chi connectivity index (χ0v) is 14.0. The van der Waals surface area contributed by atoms with E-state index in [0.717, 1.165) is 38.4 Å². The normalized spacial score (nSPS) is 10.5. The highest BCUT2D eigenvalue weighted by Crippen LogP contribution is 2.26. The van der Waals surface area contributed by atoms with Crippen LogP contribution < -0.4 is 15.2 Å². The van der Waals surface area contributed by atoms with Gasteiger partial charge in [-0.2, -0.15) is 0 Å². The van der Waals surface area contributed by atoms with Crippen molar-refractivity contribution in [1.29, 1.82) is 0 Å². The molecule has 5 heteroatoms. The number of aryl methyl sites for hydroxylation is 1. The minimum atomic E-state index is 0.397. The number of halogens is 1. The standard InChI is InChI=1S/C16H19BrN2O2/c1-10-8-19-15(11(2)16(10)20-3)9-21-13-4-5-14(17)12(6-13)7-18/h4-6,8H,7,9,18H2,1-3H3. The smallest absolute Gasteiger partial charge is 0.131 e. The molecule has 2 aromatic rings. The highest BCUT2D eigenvalue weighted by atomic mass is 79.9. The number of pyridine rings is 1. The molecule has 0 fully saturated rings. The monoisotopic (exact) mass is 350 g/mol. The lowest BCUT2D eigenvalue weighted by atomic mass is 10.1. The minimum Gasteiger partial charge on any atom is -0.496 e. The van der Waals surface area contributed by atoms with Gasteiger partial charge in [0.15, 0.2) is 0 Å². The van der Waals surface area contributed by atoms with Gasteiger partial charge in [0.05, 0.1) is 12.8 Å². The maximum Gasteiger partial charge on any atom is 0.131 e. The van der Waals surface area contributed by atoms with Crippen LogP contribution in [0.2, 0.25) is 0 Å². The van der Waals surface area contributed by atoms with E-state index in [1.807, 2.05) is 32.0 Å². The summed E-state index contributed by atoms with van der Waals surface area (Å²) in [5.41, 5.74) is 9.60. The zero-order valence-electron chi connectivity index (χ0n) is 12.4. The molecule has 0 aliphatic carbocycles. The number of ether oxygens (including phenoxy) is 2. The molecular weight excluding hydrogens is 332 g/mol. The summed E-state index contributed by atoms with van der Waals surface area (Å²) in [6.07, 6.45) is 1.80. The largest absolute Gasteiger partial charge is 0.496 e. The molecule has 0 aliphatic rings. The van der Waals surface area contributed by atoms with Crippen molar-refractivity contribution in [2.24, 2.45) is 5.73 Å². The maximum absolute atomic E-state index is 5.82. The van der Waals surface area contributed by atoms with Crippen LogP contribution >= 0.6 is 15.9 Å². The molecular formula is C16H19BrN2O2. The highest BCUT2D eigenvalue weighted by molar-refractivity contribution is 9.10. The van der Waals surface area contributed by atoms with Gasteiger partial charge in [0.1, 0.15) is 18.1 Å². The van der Waals surface area contributed by atoms with E-state index in [0.29, 0.717) is 13.2 Å². The van der Waals surface area contributed by atoms with Crippen molar-refractivity contribution in [2.45, 2.75) is 27.0 Å². The van der Waals surface area contributed by atoms with E-state index in [2.05, 4.69) is 20.9 Å². The zero-order chi connectivity index (χ0) is 15.4. The van der Waals surface area contributed by atoms with E-state index in [1.54, 1.807) is 13.3 Å². The molecule has 0 atom stereocenters.